The van der Waals surface area contributed by atoms with Crippen LogP contribution in [-0.2, 0) is 6.54 Å². The maximum absolute atomic E-state index is 14.7. The normalized spacial score (nSPS) is 12.1. The Labute approximate surface area is 199 Å². The molecule has 0 saturated carbocycles. The van der Waals surface area contributed by atoms with Gasteiger partial charge in [0.2, 0.25) is 0 Å². The van der Waals surface area contributed by atoms with Gasteiger partial charge in [0.25, 0.3) is 0 Å². The van der Waals surface area contributed by atoms with Crippen LogP contribution in [0.25, 0.3) is 11.1 Å². The molecule has 0 fully saturated rings. The van der Waals surface area contributed by atoms with Gasteiger partial charge in [-0.15, -0.1) is 0 Å². The van der Waals surface area contributed by atoms with Gasteiger partial charge in [0.15, 0.2) is 0 Å². The van der Waals surface area contributed by atoms with E-state index in [9.17, 15) is 13.6 Å². The van der Waals surface area contributed by atoms with E-state index in [-0.39, 0.29) is 23.4 Å². The Hall–Kier alpha value is -4.59. The number of nitrogens with zero attached hydrogens (tertiary/aromatic N) is 2. The van der Waals surface area contributed by atoms with Crippen molar-refractivity contribution in [3.05, 3.63) is 107 Å². The molecule has 0 atom stereocenters. The monoisotopic (exact) mass is 471 g/mol. The van der Waals surface area contributed by atoms with Crippen LogP contribution in [0.1, 0.15) is 27.0 Å². The lowest BCUT2D eigenvalue weighted by molar-refractivity contribution is 0.0697. The average molecular weight is 471 g/mol. The first-order valence-corrected chi connectivity index (χ1v) is 10.7. The fraction of sp³-hybridized carbons (Fsp3) is 0.0741. The van der Waals surface area contributed by atoms with Gasteiger partial charge in [0, 0.05) is 17.4 Å². The lowest BCUT2D eigenvalue weighted by Gasteiger charge is -2.15. The zero-order chi connectivity index (χ0) is 24.5. The number of rotatable bonds is 5. The van der Waals surface area contributed by atoms with E-state index in [1.54, 1.807) is 30.5 Å². The van der Waals surface area contributed by atoms with Gasteiger partial charge in [-0.05, 0) is 71.3 Å². The van der Waals surface area contributed by atoms with Gasteiger partial charge in [-0.3, -0.25) is 4.99 Å². The summed E-state index contributed by atoms with van der Waals surface area (Å²) in [6.45, 7) is 0.177. The van der Waals surface area contributed by atoms with E-state index in [1.165, 1.54) is 37.4 Å². The predicted octanol–water partition coefficient (Wildman–Crippen LogP) is 5.83. The number of fused-ring (bicyclic) bond motifs is 3. The number of ether oxygens (including phenoxy) is 1. The van der Waals surface area contributed by atoms with Gasteiger partial charge in [-0.1, -0.05) is 12.1 Å². The number of nitrogens with one attached hydrogen (secondary N) is 1. The predicted molar refractivity (Wildman–Crippen MR) is 129 cm³/mol. The largest absolute Gasteiger partial charge is 0.497 e. The highest BCUT2D eigenvalue weighted by Crippen LogP contribution is 2.37. The number of anilines is 2. The topological polar surface area (TPSA) is 83.8 Å². The molecule has 0 aliphatic carbocycles. The van der Waals surface area contributed by atoms with Crippen molar-refractivity contribution in [2.45, 2.75) is 6.54 Å². The van der Waals surface area contributed by atoms with E-state index >= 15 is 0 Å². The smallest absolute Gasteiger partial charge is 0.335 e. The number of pyridine rings is 1. The maximum atomic E-state index is 14.7. The van der Waals surface area contributed by atoms with Crippen LogP contribution in [0, 0.1) is 11.6 Å². The molecule has 0 radical (unpaired) electrons. The summed E-state index contributed by atoms with van der Waals surface area (Å²) in [6, 6.07) is 17.2. The van der Waals surface area contributed by atoms with E-state index < -0.39 is 17.6 Å². The highest BCUT2D eigenvalue weighted by molar-refractivity contribution is 6.17. The Balaban J connectivity index is 1.60. The second-order valence-corrected chi connectivity index (χ2v) is 7.91. The third kappa shape index (κ3) is 4.21. The van der Waals surface area contributed by atoms with Crippen molar-refractivity contribution in [1.82, 2.24) is 4.98 Å². The van der Waals surface area contributed by atoms with E-state index in [2.05, 4.69) is 15.3 Å². The molecule has 1 aliphatic heterocycles. The van der Waals surface area contributed by atoms with Crippen molar-refractivity contribution in [3.8, 4) is 16.9 Å². The van der Waals surface area contributed by atoms with Gasteiger partial charge in [0.05, 0.1) is 30.5 Å². The first-order valence-electron chi connectivity index (χ1n) is 10.7. The number of methoxy groups -OCH3 is 1. The van der Waals surface area contributed by atoms with Gasteiger partial charge in [-0.25, -0.2) is 18.6 Å². The quantitative estimate of drug-likeness (QED) is 0.383. The van der Waals surface area contributed by atoms with Crippen LogP contribution in [-0.4, -0.2) is 28.9 Å². The molecule has 0 saturated heterocycles. The molecule has 6 nitrogen and oxygen atoms in total. The number of carboxylic acids is 1. The highest BCUT2D eigenvalue weighted by atomic mass is 19.1. The van der Waals surface area contributed by atoms with Crippen molar-refractivity contribution in [2.75, 3.05) is 12.4 Å². The first kappa shape index (κ1) is 22.2. The zero-order valence-corrected chi connectivity index (χ0v) is 18.5. The molecule has 0 spiro atoms. The molecule has 2 heterocycles. The van der Waals surface area contributed by atoms with Gasteiger partial charge < -0.3 is 15.2 Å². The van der Waals surface area contributed by atoms with Gasteiger partial charge in [0.1, 0.15) is 23.2 Å². The van der Waals surface area contributed by atoms with Gasteiger partial charge in [-0.2, -0.15) is 0 Å². The lowest BCUT2D eigenvalue weighted by atomic mass is 9.92. The van der Waals surface area contributed by atoms with Crippen LogP contribution >= 0.6 is 0 Å². The first-order chi connectivity index (χ1) is 16.9. The van der Waals surface area contributed by atoms with Crippen LogP contribution < -0.4 is 10.1 Å². The molecule has 1 aromatic heterocycles. The zero-order valence-electron chi connectivity index (χ0n) is 18.5. The molecule has 5 rings (SSSR count). The molecule has 8 heteroatoms. The summed E-state index contributed by atoms with van der Waals surface area (Å²) in [5.74, 6) is -1.35. The Kier molecular flexibility index (Phi) is 5.70. The van der Waals surface area contributed by atoms with Crippen LogP contribution in [0.15, 0.2) is 77.9 Å². The molecular weight excluding hydrogens is 452 g/mol. The Bertz CT molecular complexity index is 1460. The number of aromatic nitrogens is 1. The standard InChI is InChI=1S/C27H19F2N3O3/c1-35-18-9-10-19-20-12-24(32-17-7-5-15(6-8-17)27(33)34)30-13-16(20)14-31-26(21(19)11-18)25-22(28)3-2-4-23(25)29/h2-13H,14H2,1H3,(H,30,32)(H,33,34). The molecule has 35 heavy (non-hydrogen) atoms. The molecule has 1 aliphatic rings. The summed E-state index contributed by atoms with van der Waals surface area (Å²) in [6.07, 6.45) is 1.67. The Morgan fingerprint density at radius 3 is 2.40 bits per heavy atom. The van der Waals surface area contributed by atoms with E-state index in [0.29, 0.717) is 22.8 Å². The Morgan fingerprint density at radius 1 is 0.971 bits per heavy atom. The van der Waals surface area contributed by atoms with E-state index in [4.69, 9.17) is 9.84 Å². The summed E-state index contributed by atoms with van der Waals surface area (Å²) in [4.78, 5) is 20.1. The van der Waals surface area contributed by atoms with E-state index in [0.717, 1.165) is 16.7 Å². The minimum atomic E-state index is -1.01. The van der Waals surface area contributed by atoms with Crippen LogP contribution in [0.4, 0.5) is 20.3 Å². The van der Waals surface area contributed by atoms with Crippen molar-refractivity contribution in [1.29, 1.82) is 0 Å². The van der Waals surface area contributed by atoms with Crippen LogP contribution in [0.2, 0.25) is 0 Å². The second-order valence-electron chi connectivity index (χ2n) is 7.91. The maximum Gasteiger partial charge on any atom is 0.335 e. The number of hydrogen-bond donors (Lipinski definition) is 2. The lowest BCUT2D eigenvalue weighted by Crippen LogP contribution is -2.10. The van der Waals surface area contributed by atoms with Crippen LogP contribution in [0.3, 0.4) is 0 Å². The number of carboxylic acid groups (broad SMARTS) is 1. The molecule has 0 bridgehead atoms. The SMILES string of the molecule is COc1ccc2c(c1)C(c1c(F)cccc1F)=NCc1cnc(Nc3ccc(C(=O)O)cc3)cc1-2. The summed E-state index contributed by atoms with van der Waals surface area (Å²) in [5.41, 5.74) is 3.70. The number of benzene rings is 3. The van der Waals surface area contributed by atoms with Crippen molar-refractivity contribution in [2.24, 2.45) is 4.99 Å². The molecule has 4 aromatic rings. The number of carbonyl (C=O) groups is 1. The third-order valence-corrected chi connectivity index (χ3v) is 5.77. The van der Waals surface area contributed by atoms with Crippen molar-refractivity contribution < 1.29 is 23.4 Å². The molecule has 174 valence electrons. The van der Waals surface area contributed by atoms with Crippen molar-refractivity contribution >= 4 is 23.2 Å². The minimum absolute atomic E-state index is 0.177. The van der Waals surface area contributed by atoms with Gasteiger partial charge >= 0.3 is 5.97 Å². The molecule has 0 unspecified atom stereocenters. The third-order valence-electron chi connectivity index (χ3n) is 5.77. The molecule has 3 aromatic carbocycles. The molecular formula is C27H19F2N3O3. The summed E-state index contributed by atoms with van der Waals surface area (Å²) < 4.78 is 34.9. The van der Waals surface area contributed by atoms with E-state index in [1.807, 2.05) is 12.1 Å². The van der Waals surface area contributed by atoms with Crippen LogP contribution in [0.5, 0.6) is 5.75 Å². The number of hydrogen-bond acceptors (Lipinski definition) is 5. The summed E-state index contributed by atoms with van der Waals surface area (Å²) in [7, 11) is 1.52. The fourth-order valence-electron chi connectivity index (χ4n) is 4.04. The molecule has 0 amide bonds. The molecule has 2 N–H and O–H groups in total. The highest BCUT2D eigenvalue weighted by Gasteiger charge is 2.24. The number of aliphatic imine (C=N–C) groups is 1. The minimum Gasteiger partial charge on any atom is -0.497 e. The number of halogens is 2. The summed E-state index contributed by atoms with van der Waals surface area (Å²) >= 11 is 0. The fourth-order valence-corrected chi connectivity index (χ4v) is 4.04. The Morgan fingerprint density at radius 2 is 1.71 bits per heavy atom. The van der Waals surface area contributed by atoms with Crippen molar-refractivity contribution in [3.63, 3.8) is 0 Å². The summed E-state index contributed by atoms with van der Waals surface area (Å²) in [5, 5.41) is 12.3. The average Bonchev–Trinajstić information content (AvgIpc) is 3.01. The second kappa shape index (κ2) is 8.98. The number of aromatic carboxylic acids is 1.